The number of ether oxygens (including phenoxy) is 1. The second-order valence-corrected chi connectivity index (χ2v) is 4.82. The molecule has 5 nitrogen and oxygen atoms in total. The summed E-state index contributed by atoms with van der Waals surface area (Å²) in [5.41, 5.74) is 0.380. The van der Waals surface area contributed by atoms with Crippen molar-refractivity contribution in [1.29, 1.82) is 0 Å². The Morgan fingerprint density at radius 2 is 2.24 bits per heavy atom. The van der Waals surface area contributed by atoms with Crippen LogP contribution in [0.4, 0.5) is 4.79 Å². The molecule has 1 rings (SSSR count). The molecule has 0 bridgehead atoms. The molecule has 1 aromatic heterocycles. The van der Waals surface area contributed by atoms with E-state index in [9.17, 15) is 4.79 Å². The third-order valence-electron chi connectivity index (χ3n) is 2.01. The Morgan fingerprint density at radius 3 is 2.76 bits per heavy atom. The summed E-state index contributed by atoms with van der Waals surface area (Å²) in [6.07, 6.45) is 1.06. The van der Waals surface area contributed by atoms with Gasteiger partial charge in [-0.05, 0) is 20.8 Å². The Hall–Kier alpha value is -1.52. The molecule has 0 saturated carbocycles. The van der Waals surface area contributed by atoms with Gasteiger partial charge in [-0.2, -0.15) is 0 Å². The number of hydrogen-bond donors (Lipinski definition) is 1. The zero-order valence-electron chi connectivity index (χ0n) is 10.9. The first-order chi connectivity index (χ1) is 7.90. The van der Waals surface area contributed by atoms with Gasteiger partial charge in [0, 0.05) is 25.5 Å². The van der Waals surface area contributed by atoms with Gasteiger partial charge in [0.05, 0.1) is 5.69 Å². The molecule has 1 aromatic rings. The van der Waals surface area contributed by atoms with E-state index in [4.69, 9.17) is 9.26 Å². The first kappa shape index (κ1) is 13.5. The number of nitrogens with one attached hydrogen (secondary N) is 1. The molecule has 0 aliphatic rings. The Balaban J connectivity index is 2.26. The van der Waals surface area contributed by atoms with E-state index in [1.807, 2.05) is 33.8 Å². The van der Waals surface area contributed by atoms with Crippen LogP contribution in [0.1, 0.15) is 39.1 Å². The van der Waals surface area contributed by atoms with Gasteiger partial charge in [-0.1, -0.05) is 12.1 Å². The molecule has 0 atom stereocenters. The van der Waals surface area contributed by atoms with Crippen LogP contribution in [0.5, 0.6) is 0 Å². The zero-order valence-corrected chi connectivity index (χ0v) is 10.9. The molecule has 1 amide bonds. The number of amides is 1. The van der Waals surface area contributed by atoms with Gasteiger partial charge in [-0.15, -0.1) is 0 Å². The number of nitrogens with zero attached hydrogens (tertiary/aromatic N) is 1. The fraction of sp³-hybridized carbons (Fsp3) is 0.667. The molecular weight excluding hydrogens is 220 g/mol. The minimum absolute atomic E-state index is 0.406. The molecule has 17 heavy (non-hydrogen) atoms. The van der Waals surface area contributed by atoms with E-state index in [0.717, 1.165) is 17.9 Å². The zero-order chi connectivity index (χ0) is 12.9. The van der Waals surface area contributed by atoms with E-state index in [-0.39, 0.29) is 0 Å². The fourth-order valence-corrected chi connectivity index (χ4v) is 1.25. The molecule has 1 heterocycles. The summed E-state index contributed by atoms with van der Waals surface area (Å²) in [6.45, 7) is 7.99. The third-order valence-corrected chi connectivity index (χ3v) is 2.01. The van der Waals surface area contributed by atoms with Crippen LogP contribution in [-0.2, 0) is 17.6 Å². The fourth-order valence-electron chi connectivity index (χ4n) is 1.25. The summed E-state index contributed by atoms with van der Waals surface area (Å²) in [6, 6.07) is 1.90. The van der Waals surface area contributed by atoms with Crippen LogP contribution >= 0.6 is 0 Å². The molecule has 96 valence electrons. The van der Waals surface area contributed by atoms with Crippen molar-refractivity contribution in [3.63, 3.8) is 0 Å². The number of hydrogen-bond acceptors (Lipinski definition) is 4. The van der Waals surface area contributed by atoms with Gasteiger partial charge in [0.1, 0.15) is 11.4 Å². The van der Waals surface area contributed by atoms with Gasteiger partial charge in [-0.25, -0.2) is 4.79 Å². The molecule has 0 aromatic carbocycles. The number of rotatable bonds is 4. The molecule has 0 saturated heterocycles. The highest BCUT2D eigenvalue weighted by Crippen LogP contribution is 2.07. The smallest absolute Gasteiger partial charge is 0.407 e. The maximum atomic E-state index is 11.3. The van der Waals surface area contributed by atoms with E-state index in [0.29, 0.717) is 13.0 Å². The van der Waals surface area contributed by atoms with E-state index in [2.05, 4.69) is 10.5 Å². The lowest BCUT2D eigenvalue weighted by molar-refractivity contribution is 0.0528. The van der Waals surface area contributed by atoms with Gasteiger partial charge in [0.15, 0.2) is 0 Å². The monoisotopic (exact) mass is 240 g/mol. The molecule has 5 heteroatoms. The third kappa shape index (κ3) is 5.38. The van der Waals surface area contributed by atoms with Crippen LogP contribution in [-0.4, -0.2) is 23.4 Å². The van der Waals surface area contributed by atoms with Gasteiger partial charge >= 0.3 is 6.09 Å². The molecular formula is C12H20N2O3. The average Bonchev–Trinajstić information content (AvgIpc) is 2.63. The number of aromatic nitrogens is 1. The Morgan fingerprint density at radius 1 is 1.53 bits per heavy atom. The van der Waals surface area contributed by atoms with Crippen LogP contribution in [0.3, 0.4) is 0 Å². The summed E-state index contributed by atoms with van der Waals surface area (Å²) in [5.74, 6) is 0.859. The number of aryl methyl sites for hydroxylation is 1. The molecule has 0 unspecified atom stereocenters. The van der Waals surface area contributed by atoms with Crippen molar-refractivity contribution in [2.24, 2.45) is 0 Å². The minimum Gasteiger partial charge on any atom is -0.444 e. The Kier molecular flexibility index (Phi) is 4.54. The van der Waals surface area contributed by atoms with Crippen molar-refractivity contribution in [2.45, 2.75) is 46.1 Å². The maximum absolute atomic E-state index is 11.3. The lowest BCUT2D eigenvalue weighted by atomic mass is 10.2. The van der Waals surface area contributed by atoms with Crippen molar-refractivity contribution in [3.05, 3.63) is 17.5 Å². The normalized spacial score (nSPS) is 11.3. The highest BCUT2D eigenvalue weighted by molar-refractivity contribution is 5.67. The van der Waals surface area contributed by atoms with Gasteiger partial charge in [0.25, 0.3) is 0 Å². The van der Waals surface area contributed by atoms with Crippen LogP contribution in [0, 0.1) is 0 Å². The van der Waals surface area contributed by atoms with E-state index < -0.39 is 11.7 Å². The number of carbonyl (C=O) groups is 1. The lowest BCUT2D eigenvalue weighted by Crippen LogP contribution is -2.33. The Bertz CT molecular complexity index is 366. The molecule has 0 aliphatic heterocycles. The van der Waals surface area contributed by atoms with Crippen molar-refractivity contribution >= 4 is 6.09 Å². The molecule has 0 aliphatic carbocycles. The number of alkyl carbamates (subject to hydrolysis) is 1. The van der Waals surface area contributed by atoms with Crippen molar-refractivity contribution in [1.82, 2.24) is 10.5 Å². The van der Waals surface area contributed by atoms with Gasteiger partial charge in [0.2, 0.25) is 0 Å². The molecule has 1 N–H and O–H groups in total. The SMILES string of the molecule is CCc1cc(CCNC(=O)OC(C)(C)C)no1. The summed E-state index contributed by atoms with van der Waals surface area (Å²) >= 11 is 0. The summed E-state index contributed by atoms with van der Waals surface area (Å²) in [4.78, 5) is 11.3. The van der Waals surface area contributed by atoms with Crippen LogP contribution in [0.15, 0.2) is 10.6 Å². The van der Waals surface area contributed by atoms with Crippen LogP contribution in [0.25, 0.3) is 0 Å². The Labute approximate surface area is 102 Å². The van der Waals surface area contributed by atoms with Crippen molar-refractivity contribution in [3.8, 4) is 0 Å². The highest BCUT2D eigenvalue weighted by Gasteiger charge is 2.15. The predicted octanol–water partition coefficient (Wildman–Crippen LogP) is 2.30. The van der Waals surface area contributed by atoms with Crippen molar-refractivity contribution in [2.75, 3.05) is 6.54 Å². The largest absolute Gasteiger partial charge is 0.444 e. The van der Waals surface area contributed by atoms with E-state index in [1.54, 1.807) is 0 Å². The highest BCUT2D eigenvalue weighted by atomic mass is 16.6. The maximum Gasteiger partial charge on any atom is 0.407 e. The first-order valence-corrected chi connectivity index (χ1v) is 5.82. The topological polar surface area (TPSA) is 64.4 Å². The van der Waals surface area contributed by atoms with Crippen LogP contribution < -0.4 is 5.32 Å². The average molecular weight is 240 g/mol. The van der Waals surface area contributed by atoms with Gasteiger partial charge < -0.3 is 14.6 Å². The standard InChI is InChI=1S/C12H20N2O3/c1-5-10-8-9(14-17-10)6-7-13-11(15)16-12(2,3)4/h8H,5-7H2,1-4H3,(H,13,15). The second kappa shape index (κ2) is 5.70. The van der Waals surface area contributed by atoms with Gasteiger partial charge in [-0.3, -0.25) is 0 Å². The summed E-state index contributed by atoms with van der Waals surface area (Å²) in [7, 11) is 0. The molecule has 0 fully saturated rings. The second-order valence-electron chi connectivity index (χ2n) is 4.82. The number of carbonyl (C=O) groups excluding carboxylic acids is 1. The summed E-state index contributed by atoms with van der Waals surface area (Å²) in [5, 5.41) is 6.56. The first-order valence-electron chi connectivity index (χ1n) is 5.82. The minimum atomic E-state index is -0.465. The quantitative estimate of drug-likeness (QED) is 0.877. The van der Waals surface area contributed by atoms with Crippen molar-refractivity contribution < 1.29 is 14.1 Å². The summed E-state index contributed by atoms with van der Waals surface area (Å²) < 4.78 is 10.2. The van der Waals surface area contributed by atoms with E-state index in [1.165, 1.54) is 0 Å². The predicted molar refractivity (Wildman–Crippen MR) is 63.8 cm³/mol. The molecule has 0 spiro atoms. The molecule has 0 radical (unpaired) electrons. The van der Waals surface area contributed by atoms with E-state index >= 15 is 0 Å². The lowest BCUT2D eigenvalue weighted by Gasteiger charge is -2.19. The van der Waals surface area contributed by atoms with Crippen LogP contribution in [0.2, 0.25) is 0 Å².